The number of para-hydroxylation sites is 1. The molecule has 0 amide bonds. The van der Waals surface area contributed by atoms with Gasteiger partial charge >= 0.3 is 5.97 Å². The van der Waals surface area contributed by atoms with Crippen molar-refractivity contribution in [2.24, 2.45) is 4.99 Å². The number of nitrogens with zero attached hydrogens (tertiary/aromatic N) is 3. The summed E-state index contributed by atoms with van der Waals surface area (Å²) >= 11 is 1.24. The lowest BCUT2D eigenvalue weighted by Gasteiger charge is -2.25. The molecule has 1 aliphatic heterocycles. The molecule has 9 nitrogen and oxygen atoms in total. The van der Waals surface area contributed by atoms with Crippen LogP contribution in [0.25, 0.3) is 16.8 Å². The van der Waals surface area contributed by atoms with Gasteiger partial charge in [-0.1, -0.05) is 72.0 Å². The number of ether oxygens (including phenoxy) is 2. The van der Waals surface area contributed by atoms with Crippen molar-refractivity contribution in [1.82, 2.24) is 4.57 Å². The summed E-state index contributed by atoms with van der Waals surface area (Å²) in [5.41, 5.74) is 2.80. The van der Waals surface area contributed by atoms with E-state index in [0.29, 0.717) is 31.9 Å². The molecule has 0 bridgehead atoms. The number of nitro groups is 1. The van der Waals surface area contributed by atoms with E-state index in [0.717, 1.165) is 21.9 Å². The lowest BCUT2D eigenvalue weighted by molar-refractivity contribution is -0.384. The standard InChI is InChI=1S/C34H27N3O6S/c1-3-42-33(39)30-21(2)35-34-36(31(30)27-13-8-11-23-9-4-6-12-26(23)27)32(38)29(44-34)19-24-10-5-7-14-28(24)43-20-22-15-17-25(18-16-22)37(40)41/h4-19,31H,3,20H2,1-2H3/b29-19+/t31-/m1/s1. The molecule has 4 aromatic carbocycles. The van der Waals surface area contributed by atoms with Crippen molar-refractivity contribution in [3.63, 3.8) is 0 Å². The smallest absolute Gasteiger partial charge is 0.338 e. The topological polar surface area (TPSA) is 113 Å². The number of thiazole rings is 1. The van der Waals surface area contributed by atoms with E-state index in [1.807, 2.05) is 60.7 Å². The highest BCUT2D eigenvalue weighted by atomic mass is 32.1. The van der Waals surface area contributed by atoms with Gasteiger partial charge in [-0.2, -0.15) is 0 Å². The molecular weight excluding hydrogens is 578 g/mol. The Morgan fingerprint density at radius 2 is 1.75 bits per heavy atom. The maximum absolute atomic E-state index is 14.2. The second-order valence-corrected chi connectivity index (χ2v) is 11.1. The molecular formula is C34H27N3O6S. The van der Waals surface area contributed by atoms with Crippen molar-refractivity contribution in [2.75, 3.05) is 6.61 Å². The van der Waals surface area contributed by atoms with Crippen LogP contribution >= 0.6 is 11.3 Å². The molecule has 220 valence electrons. The van der Waals surface area contributed by atoms with Gasteiger partial charge in [-0.25, -0.2) is 9.79 Å². The SMILES string of the molecule is CCOC(=O)C1=C(C)N=c2s/c(=C/c3ccccc3OCc3ccc([N+](=O)[O-])cc3)c(=O)n2[C@@H]1c1cccc2ccccc12. The third-order valence-electron chi connectivity index (χ3n) is 7.38. The van der Waals surface area contributed by atoms with Gasteiger partial charge in [0.1, 0.15) is 12.4 Å². The van der Waals surface area contributed by atoms with E-state index in [-0.39, 0.29) is 24.5 Å². The summed E-state index contributed by atoms with van der Waals surface area (Å²) < 4.78 is 13.5. The zero-order chi connectivity index (χ0) is 30.8. The molecule has 0 saturated carbocycles. The number of benzene rings is 4. The molecule has 2 heterocycles. The highest BCUT2D eigenvalue weighted by Crippen LogP contribution is 2.35. The van der Waals surface area contributed by atoms with Gasteiger partial charge in [0, 0.05) is 17.7 Å². The summed E-state index contributed by atoms with van der Waals surface area (Å²) in [5, 5.41) is 12.9. The summed E-state index contributed by atoms with van der Waals surface area (Å²) in [5.74, 6) is 0.0386. The van der Waals surface area contributed by atoms with Crippen molar-refractivity contribution in [3.8, 4) is 5.75 Å². The number of hydrogen-bond donors (Lipinski definition) is 0. The van der Waals surface area contributed by atoms with E-state index in [1.54, 1.807) is 42.7 Å². The molecule has 0 N–H and O–H groups in total. The molecule has 1 aromatic heterocycles. The van der Waals surface area contributed by atoms with Crippen LogP contribution in [0.5, 0.6) is 5.75 Å². The largest absolute Gasteiger partial charge is 0.488 e. The highest BCUT2D eigenvalue weighted by Gasteiger charge is 2.34. The molecule has 6 rings (SSSR count). The zero-order valence-electron chi connectivity index (χ0n) is 23.9. The van der Waals surface area contributed by atoms with E-state index in [2.05, 4.69) is 4.99 Å². The summed E-state index contributed by atoms with van der Waals surface area (Å²) in [6, 6.07) is 26.5. The van der Waals surface area contributed by atoms with E-state index >= 15 is 0 Å². The number of non-ortho nitro benzene ring substituents is 1. The Balaban J connectivity index is 1.44. The number of hydrogen-bond acceptors (Lipinski definition) is 8. The molecule has 10 heteroatoms. The number of allylic oxidation sites excluding steroid dienone is 1. The van der Waals surface area contributed by atoms with Crippen LogP contribution in [-0.2, 0) is 16.1 Å². The number of fused-ring (bicyclic) bond motifs is 2. The normalized spacial score (nSPS) is 14.7. The Morgan fingerprint density at radius 1 is 1.02 bits per heavy atom. The first-order valence-electron chi connectivity index (χ1n) is 14.0. The zero-order valence-corrected chi connectivity index (χ0v) is 24.7. The van der Waals surface area contributed by atoms with Crippen LogP contribution in [0, 0.1) is 10.1 Å². The summed E-state index contributed by atoms with van der Waals surface area (Å²) in [6.45, 7) is 3.89. The van der Waals surface area contributed by atoms with E-state index in [1.165, 1.54) is 23.5 Å². The Bertz CT molecular complexity index is 2120. The Kier molecular flexibility index (Phi) is 7.91. The van der Waals surface area contributed by atoms with Crippen molar-refractivity contribution in [3.05, 3.63) is 149 Å². The lowest BCUT2D eigenvalue weighted by atomic mass is 9.91. The van der Waals surface area contributed by atoms with Crippen molar-refractivity contribution in [1.29, 1.82) is 0 Å². The minimum absolute atomic E-state index is 0.00711. The highest BCUT2D eigenvalue weighted by molar-refractivity contribution is 7.07. The van der Waals surface area contributed by atoms with Crippen LogP contribution in [0.2, 0.25) is 0 Å². The molecule has 0 radical (unpaired) electrons. The molecule has 44 heavy (non-hydrogen) atoms. The molecule has 1 atom stereocenters. The van der Waals surface area contributed by atoms with Crippen molar-refractivity contribution < 1.29 is 19.2 Å². The minimum Gasteiger partial charge on any atom is -0.488 e. The maximum atomic E-state index is 14.2. The number of carbonyl (C=O) groups is 1. The van der Waals surface area contributed by atoms with E-state index in [9.17, 15) is 19.7 Å². The lowest BCUT2D eigenvalue weighted by Crippen LogP contribution is -2.40. The first kappa shape index (κ1) is 28.8. The van der Waals surface area contributed by atoms with Crippen molar-refractivity contribution in [2.45, 2.75) is 26.5 Å². The predicted molar refractivity (Wildman–Crippen MR) is 168 cm³/mol. The second kappa shape index (κ2) is 12.1. The number of nitro benzene ring substituents is 1. The van der Waals surface area contributed by atoms with Gasteiger partial charge in [0.2, 0.25) is 0 Å². The second-order valence-electron chi connectivity index (χ2n) is 10.1. The summed E-state index contributed by atoms with van der Waals surface area (Å²) in [4.78, 5) is 43.2. The van der Waals surface area contributed by atoms with Gasteiger partial charge in [0.25, 0.3) is 11.2 Å². The molecule has 0 unspecified atom stereocenters. The van der Waals surface area contributed by atoms with E-state index in [4.69, 9.17) is 9.47 Å². The Morgan fingerprint density at radius 3 is 2.52 bits per heavy atom. The third-order valence-corrected chi connectivity index (χ3v) is 8.37. The van der Waals surface area contributed by atoms with Gasteiger partial charge in [0.15, 0.2) is 4.80 Å². The number of esters is 1. The number of carbonyl (C=O) groups excluding carboxylic acids is 1. The van der Waals surface area contributed by atoms with Crippen molar-refractivity contribution >= 4 is 39.8 Å². The first-order chi connectivity index (χ1) is 21.4. The van der Waals surface area contributed by atoms with Gasteiger partial charge in [0.05, 0.1) is 33.4 Å². The van der Waals surface area contributed by atoms with Crippen LogP contribution in [0.4, 0.5) is 5.69 Å². The molecule has 0 spiro atoms. The fourth-order valence-corrected chi connectivity index (χ4v) is 6.36. The Hall–Kier alpha value is -5.35. The first-order valence-corrected chi connectivity index (χ1v) is 14.8. The summed E-state index contributed by atoms with van der Waals surface area (Å²) in [6.07, 6.45) is 1.76. The van der Waals surface area contributed by atoms with Gasteiger partial charge in [-0.3, -0.25) is 19.5 Å². The van der Waals surface area contributed by atoms with Crippen LogP contribution < -0.4 is 19.6 Å². The average Bonchev–Trinajstić information content (AvgIpc) is 3.33. The van der Waals surface area contributed by atoms with Gasteiger partial charge < -0.3 is 9.47 Å². The quantitative estimate of drug-likeness (QED) is 0.132. The Labute approximate surface area is 255 Å². The molecule has 5 aromatic rings. The molecule has 0 fully saturated rings. The van der Waals surface area contributed by atoms with Gasteiger partial charge in [-0.15, -0.1) is 0 Å². The molecule has 0 saturated heterocycles. The maximum Gasteiger partial charge on any atom is 0.338 e. The van der Waals surface area contributed by atoms with Crippen LogP contribution in [0.15, 0.2) is 112 Å². The fraction of sp³-hybridized carbons (Fsp3) is 0.147. The fourth-order valence-electron chi connectivity index (χ4n) is 5.32. The van der Waals surface area contributed by atoms with Crippen LogP contribution in [-0.4, -0.2) is 22.1 Å². The number of rotatable bonds is 8. The average molecular weight is 606 g/mol. The summed E-state index contributed by atoms with van der Waals surface area (Å²) in [7, 11) is 0. The third kappa shape index (κ3) is 5.43. The van der Waals surface area contributed by atoms with Crippen LogP contribution in [0.1, 0.15) is 36.6 Å². The van der Waals surface area contributed by atoms with Crippen LogP contribution in [0.3, 0.4) is 0 Å². The monoisotopic (exact) mass is 605 g/mol. The van der Waals surface area contributed by atoms with Gasteiger partial charge in [-0.05, 0) is 60.0 Å². The van der Waals surface area contributed by atoms with E-state index < -0.39 is 16.9 Å². The molecule has 1 aliphatic rings. The minimum atomic E-state index is -0.729. The predicted octanol–water partition coefficient (Wildman–Crippen LogP) is 5.44. The number of aromatic nitrogens is 1. The molecule has 0 aliphatic carbocycles.